The molecule has 0 aliphatic carbocycles. The summed E-state index contributed by atoms with van der Waals surface area (Å²) in [5.74, 6) is -1.34. The van der Waals surface area contributed by atoms with E-state index in [1.165, 1.54) is 36.4 Å². The number of sulfone groups is 1. The fraction of sp³-hybridized carbons (Fsp3) is 0.167. The molecule has 1 aromatic heterocycles. The van der Waals surface area contributed by atoms with Gasteiger partial charge in [0.05, 0.1) is 26.6 Å². The van der Waals surface area contributed by atoms with Crippen molar-refractivity contribution in [1.29, 1.82) is 0 Å². The second kappa shape index (κ2) is 7.15. The zero-order valence-electron chi connectivity index (χ0n) is 15.5. The monoisotopic (exact) mass is 465 g/mol. The Morgan fingerprint density at radius 1 is 1.20 bits per heavy atom. The molecule has 2 amide bonds. The second-order valence-corrected chi connectivity index (χ2v) is 11.6. The fourth-order valence-corrected chi connectivity index (χ4v) is 6.07. The quantitative estimate of drug-likeness (QED) is 0.624. The van der Waals surface area contributed by atoms with Gasteiger partial charge in [-0.1, -0.05) is 17.4 Å². The molecule has 9 nitrogen and oxygen atoms in total. The molecular formula is C18H15N3O6S3. The van der Waals surface area contributed by atoms with Gasteiger partial charge in [0.25, 0.3) is 5.91 Å². The van der Waals surface area contributed by atoms with Crippen LogP contribution >= 0.6 is 11.3 Å². The summed E-state index contributed by atoms with van der Waals surface area (Å²) in [5.41, 5.74) is 0.788. The number of rotatable bonds is 4. The Balaban J connectivity index is 1.61. The number of hydrogen-bond donors (Lipinski definition) is 1. The van der Waals surface area contributed by atoms with Crippen molar-refractivity contribution in [3.8, 4) is 0 Å². The second-order valence-electron chi connectivity index (χ2n) is 6.65. The molecule has 0 saturated carbocycles. The van der Waals surface area contributed by atoms with E-state index < -0.39 is 31.7 Å². The van der Waals surface area contributed by atoms with Crippen LogP contribution in [0.4, 0.5) is 10.8 Å². The van der Waals surface area contributed by atoms with Gasteiger partial charge < -0.3 is 0 Å². The third-order valence-electron chi connectivity index (χ3n) is 4.43. The minimum atomic E-state index is -3.73. The molecule has 0 spiro atoms. The average Bonchev–Trinajstić information content (AvgIpc) is 3.19. The van der Waals surface area contributed by atoms with E-state index in [-0.39, 0.29) is 33.5 Å². The van der Waals surface area contributed by atoms with E-state index in [4.69, 9.17) is 0 Å². The third-order valence-corrected chi connectivity index (χ3v) is 8.16. The molecule has 1 N–H and O–H groups in total. The first-order valence-corrected chi connectivity index (χ1v) is 12.9. The zero-order chi connectivity index (χ0) is 21.7. The summed E-state index contributed by atoms with van der Waals surface area (Å²) >= 11 is 1.11. The highest BCUT2D eigenvalue weighted by atomic mass is 32.2. The van der Waals surface area contributed by atoms with Crippen molar-refractivity contribution in [2.75, 3.05) is 21.6 Å². The van der Waals surface area contributed by atoms with Crippen LogP contribution in [0.1, 0.15) is 16.8 Å². The van der Waals surface area contributed by atoms with E-state index in [2.05, 4.69) is 10.3 Å². The number of carbonyl (C=O) groups is 2. The number of nitrogens with zero attached hydrogens (tertiary/aromatic N) is 2. The molecule has 30 heavy (non-hydrogen) atoms. The standard InChI is InChI=1S/C18H15N3O6S3/c1-29(24,25)13-5-6-14-15(10-13)28-18(19-14)20-17(23)11-3-2-4-12(9-11)21-16(22)7-8-30(21,26)27/h2-6,9-10H,7-8H2,1H3,(H,19,20,23). The molecule has 1 saturated heterocycles. The van der Waals surface area contributed by atoms with E-state index in [9.17, 15) is 26.4 Å². The molecule has 4 rings (SSSR count). The maximum Gasteiger partial charge on any atom is 0.257 e. The molecule has 2 heterocycles. The van der Waals surface area contributed by atoms with E-state index in [0.29, 0.717) is 14.5 Å². The highest BCUT2D eigenvalue weighted by molar-refractivity contribution is 7.94. The van der Waals surface area contributed by atoms with Gasteiger partial charge in [-0.05, 0) is 36.4 Å². The molecule has 1 aliphatic heterocycles. The Morgan fingerprint density at radius 2 is 1.97 bits per heavy atom. The van der Waals surface area contributed by atoms with Crippen LogP contribution in [0.15, 0.2) is 47.4 Å². The molecular weight excluding hydrogens is 450 g/mol. The number of carbonyl (C=O) groups excluding carboxylic acids is 2. The van der Waals surface area contributed by atoms with Crippen LogP contribution in [0, 0.1) is 0 Å². The van der Waals surface area contributed by atoms with Crippen LogP contribution in [-0.4, -0.2) is 45.6 Å². The van der Waals surface area contributed by atoms with Crippen molar-refractivity contribution in [3.05, 3.63) is 48.0 Å². The average molecular weight is 466 g/mol. The number of aromatic nitrogens is 1. The lowest BCUT2D eigenvalue weighted by atomic mass is 10.2. The lowest BCUT2D eigenvalue weighted by Gasteiger charge is -2.15. The maximum absolute atomic E-state index is 12.6. The number of fused-ring (bicyclic) bond motifs is 1. The first kappa shape index (κ1) is 20.4. The van der Waals surface area contributed by atoms with Gasteiger partial charge in [-0.25, -0.2) is 26.1 Å². The number of amides is 2. The van der Waals surface area contributed by atoms with Gasteiger partial charge in [0.15, 0.2) is 15.0 Å². The van der Waals surface area contributed by atoms with Crippen LogP contribution < -0.4 is 9.62 Å². The van der Waals surface area contributed by atoms with Gasteiger partial charge >= 0.3 is 0 Å². The molecule has 12 heteroatoms. The van der Waals surface area contributed by atoms with E-state index in [1.807, 2.05) is 0 Å². The summed E-state index contributed by atoms with van der Waals surface area (Å²) in [5, 5.41) is 2.88. The van der Waals surface area contributed by atoms with Gasteiger partial charge in [-0.2, -0.15) is 0 Å². The van der Waals surface area contributed by atoms with E-state index >= 15 is 0 Å². The molecule has 3 aromatic rings. The molecule has 0 bridgehead atoms. The Labute approximate surface area is 176 Å². The number of anilines is 2. The van der Waals surface area contributed by atoms with Gasteiger partial charge in [-0.15, -0.1) is 0 Å². The van der Waals surface area contributed by atoms with Crippen LogP contribution in [-0.2, 0) is 24.7 Å². The summed E-state index contributed by atoms with van der Waals surface area (Å²) in [4.78, 5) is 29.0. The smallest absolute Gasteiger partial charge is 0.257 e. The van der Waals surface area contributed by atoms with Crippen LogP contribution in [0.5, 0.6) is 0 Å². The maximum atomic E-state index is 12.6. The molecule has 0 radical (unpaired) electrons. The number of hydrogen-bond acceptors (Lipinski definition) is 8. The Kier molecular flexibility index (Phi) is 4.87. The Morgan fingerprint density at radius 3 is 2.63 bits per heavy atom. The fourth-order valence-electron chi connectivity index (χ4n) is 3.00. The van der Waals surface area contributed by atoms with Crippen molar-refractivity contribution >= 4 is 64.0 Å². The number of sulfonamides is 1. The number of benzene rings is 2. The van der Waals surface area contributed by atoms with Crippen molar-refractivity contribution in [2.45, 2.75) is 11.3 Å². The predicted octanol–water partition coefficient (Wildman–Crippen LogP) is 2.02. The summed E-state index contributed by atoms with van der Waals surface area (Å²) < 4.78 is 48.9. The Bertz CT molecular complexity index is 1410. The molecule has 1 fully saturated rings. The Hall–Kier alpha value is -2.83. The molecule has 0 unspecified atom stereocenters. The van der Waals surface area contributed by atoms with Gasteiger partial charge in [0.1, 0.15) is 0 Å². The predicted molar refractivity (Wildman–Crippen MR) is 113 cm³/mol. The molecule has 0 atom stereocenters. The number of thiazole rings is 1. The van der Waals surface area contributed by atoms with Crippen molar-refractivity contribution < 1.29 is 26.4 Å². The van der Waals surface area contributed by atoms with Gasteiger partial charge in [0, 0.05) is 18.2 Å². The van der Waals surface area contributed by atoms with E-state index in [0.717, 1.165) is 17.6 Å². The summed E-state index contributed by atoms with van der Waals surface area (Å²) in [6.07, 6.45) is 1.01. The minimum Gasteiger partial charge on any atom is -0.298 e. The normalized spacial score (nSPS) is 16.2. The van der Waals surface area contributed by atoms with Crippen molar-refractivity contribution in [1.82, 2.24) is 4.98 Å². The van der Waals surface area contributed by atoms with Gasteiger partial charge in [-0.3, -0.25) is 14.9 Å². The largest absolute Gasteiger partial charge is 0.298 e. The highest BCUT2D eigenvalue weighted by Crippen LogP contribution is 2.29. The van der Waals surface area contributed by atoms with Crippen molar-refractivity contribution in [2.24, 2.45) is 0 Å². The van der Waals surface area contributed by atoms with Gasteiger partial charge in [0.2, 0.25) is 15.9 Å². The molecule has 156 valence electrons. The SMILES string of the molecule is CS(=O)(=O)c1ccc2nc(NC(=O)c3cccc(N4C(=O)CCS4(=O)=O)c3)sc2c1. The summed E-state index contributed by atoms with van der Waals surface area (Å²) in [6, 6.07) is 10.2. The lowest BCUT2D eigenvalue weighted by molar-refractivity contribution is -0.116. The number of nitrogens with one attached hydrogen (secondary N) is 1. The minimum absolute atomic E-state index is 0.0973. The highest BCUT2D eigenvalue weighted by Gasteiger charge is 2.36. The van der Waals surface area contributed by atoms with Crippen molar-refractivity contribution in [3.63, 3.8) is 0 Å². The van der Waals surface area contributed by atoms with Crippen LogP contribution in [0.2, 0.25) is 0 Å². The first-order valence-electron chi connectivity index (χ1n) is 8.62. The molecule has 1 aliphatic rings. The topological polar surface area (TPSA) is 131 Å². The summed E-state index contributed by atoms with van der Waals surface area (Å²) in [6.45, 7) is 0. The lowest BCUT2D eigenvalue weighted by Crippen LogP contribution is -2.29. The zero-order valence-corrected chi connectivity index (χ0v) is 18.0. The van der Waals surface area contributed by atoms with Crippen LogP contribution in [0.25, 0.3) is 10.2 Å². The van der Waals surface area contributed by atoms with Crippen LogP contribution in [0.3, 0.4) is 0 Å². The third kappa shape index (κ3) is 3.80. The molecule has 2 aromatic carbocycles. The summed E-state index contributed by atoms with van der Waals surface area (Å²) in [7, 11) is -7.10. The first-order chi connectivity index (χ1) is 14.0. The van der Waals surface area contributed by atoms with E-state index in [1.54, 1.807) is 6.07 Å².